The highest BCUT2D eigenvalue weighted by Gasteiger charge is 2.13. The maximum atomic E-state index is 13.7. The summed E-state index contributed by atoms with van der Waals surface area (Å²) < 4.78 is 13.7. The molecule has 0 saturated heterocycles. The van der Waals surface area contributed by atoms with Crippen LogP contribution in [0.3, 0.4) is 0 Å². The van der Waals surface area contributed by atoms with Crippen LogP contribution in [-0.2, 0) is 0 Å². The summed E-state index contributed by atoms with van der Waals surface area (Å²) in [6, 6.07) is 4.97. The molecule has 1 aromatic rings. The smallest absolute Gasteiger partial charge is 0.131 e. The first-order valence-corrected chi connectivity index (χ1v) is 5.15. The van der Waals surface area contributed by atoms with Gasteiger partial charge in [-0.15, -0.1) is 6.42 Å². The highest BCUT2D eigenvalue weighted by Crippen LogP contribution is 2.19. The van der Waals surface area contributed by atoms with E-state index in [1.165, 1.54) is 0 Å². The molecule has 0 aliphatic carbocycles. The Kier molecular flexibility index (Phi) is 4.33. The van der Waals surface area contributed by atoms with E-state index < -0.39 is 0 Å². The first kappa shape index (κ1) is 11.7. The monoisotopic (exact) mass is 205 g/mol. The van der Waals surface area contributed by atoms with Crippen molar-refractivity contribution < 1.29 is 4.39 Å². The Morgan fingerprint density at radius 3 is 2.87 bits per heavy atom. The first-order valence-electron chi connectivity index (χ1n) is 5.15. The Morgan fingerprint density at radius 1 is 1.53 bits per heavy atom. The summed E-state index contributed by atoms with van der Waals surface area (Å²) in [5.74, 6) is 2.37. The minimum Gasteiger partial charge on any atom is -0.300 e. The molecule has 1 aromatic carbocycles. The lowest BCUT2D eigenvalue weighted by Gasteiger charge is -2.14. The quantitative estimate of drug-likeness (QED) is 0.745. The topological polar surface area (TPSA) is 12.0 Å². The van der Waals surface area contributed by atoms with Gasteiger partial charge < -0.3 is 0 Å². The van der Waals surface area contributed by atoms with E-state index in [1.807, 2.05) is 13.0 Å². The number of rotatable bonds is 4. The van der Waals surface area contributed by atoms with Crippen LogP contribution in [0.2, 0.25) is 0 Å². The minimum atomic E-state index is -0.329. The maximum Gasteiger partial charge on any atom is 0.131 e. The molecule has 0 bridgehead atoms. The van der Waals surface area contributed by atoms with E-state index in [9.17, 15) is 4.39 Å². The number of hydrogen-bond donors (Lipinski definition) is 1. The van der Waals surface area contributed by atoms with Gasteiger partial charge in [-0.25, -0.2) is 4.39 Å². The van der Waals surface area contributed by atoms with E-state index in [4.69, 9.17) is 6.42 Å². The van der Waals surface area contributed by atoms with E-state index in [0.29, 0.717) is 11.1 Å². The van der Waals surface area contributed by atoms with Crippen molar-refractivity contribution in [2.24, 2.45) is 0 Å². The lowest BCUT2D eigenvalue weighted by atomic mass is 10.0. The molecule has 1 N–H and O–H groups in total. The first-order chi connectivity index (χ1) is 7.20. The summed E-state index contributed by atoms with van der Waals surface area (Å²) in [5.41, 5.74) is 1.19. The fourth-order valence-electron chi connectivity index (χ4n) is 1.44. The van der Waals surface area contributed by atoms with E-state index in [2.05, 4.69) is 11.2 Å². The third-order valence-electron chi connectivity index (χ3n) is 2.30. The number of nitrogens with one attached hydrogen (secondary N) is 1. The zero-order valence-corrected chi connectivity index (χ0v) is 9.18. The van der Waals surface area contributed by atoms with Crippen molar-refractivity contribution in [2.45, 2.75) is 26.3 Å². The van der Waals surface area contributed by atoms with E-state index in [1.54, 1.807) is 19.1 Å². The van der Waals surface area contributed by atoms with Gasteiger partial charge >= 0.3 is 0 Å². The van der Waals surface area contributed by atoms with Gasteiger partial charge in [0.1, 0.15) is 5.82 Å². The van der Waals surface area contributed by atoms with Crippen molar-refractivity contribution in [1.29, 1.82) is 0 Å². The molecule has 0 heterocycles. The van der Waals surface area contributed by atoms with Gasteiger partial charge in [0.25, 0.3) is 0 Å². The van der Waals surface area contributed by atoms with Crippen molar-refractivity contribution in [3.05, 3.63) is 35.1 Å². The molecule has 1 nitrogen and oxygen atoms in total. The van der Waals surface area contributed by atoms with Crippen LogP contribution in [0.1, 0.15) is 30.5 Å². The average molecular weight is 205 g/mol. The predicted molar refractivity (Wildman–Crippen MR) is 61.0 cm³/mol. The molecule has 0 spiro atoms. The summed E-state index contributed by atoms with van der Waals surface area (Å²) in [4.78, 5) is 0. The molecule has 0 saturated carbocycles. The number of hydrogen-bond acceptors (Lipinski definition) is 1. The van der Waals surface area contributed by atoms with E-state index in [0.717, 1.165) is 13.0 Å². The molecular weight excluding hydrogens is 189 g/mol. The van der Waals surface area contributed by atoms with Gasteiger partial charge in [-0.05, 0) is 25.5 Å². The summed E-state index contributed by atoms with van der Waals surface area (Å²) in [6.07, 6.45) is 6.36. The maximum absolute atomic E-state index is 13.7. The van der Waals surface area contributed by atoms with Crippen LogP contribution < -0.4 is 5.32 Å². The lowest BCUT2D eigenvalue weighted by molar-refractivity contribution is 0.557. The molecule has 2 heteroatoms. The lowest BCUT2D eigenvalue weighted by Crippen LogP contribution is -2.21. The number of benzene rings is 1. The molecule has 0 fully saturated rings. The average Bonchev–Trinajstić information content (AvgIpc) is 2.25. The second kappa shape index (κ2) is 5.53. The molecule has 0 aliphatic heterocycles. The number of aryl methyl sites for hydroxylation is 1. The standard InChI is InChI=1S/C13H16FN/c1-4-9-15-12(5-2)11-8-6-7-10(3)13(11)14/h2,6-8,12,15H,4,9H2,1,3H3. The van der Waals surface area contributed by atoms with Gasteiger partial charge in [0, 0.05) is 5.56 Å². The van der Waals surface area contributed by atoms with Gasteiger partial charge in [0.15, 0.2) is 0 Å². The van der Waals surface area contributed by atoms with Crippen LogP contribution in [0.4, 0.5) is 4.39 Å². The van der Waals surface area contributed by atoms with Gasteiger partial charge in [-0.3, -0.25) is 5.32 Å². The molecule has 80 valence electrons. The molecule has 0 aliphatic rings. The van der Waals surface area contributed by atoms with Crippen LogP contribution in [0.25, 0.3) is 0 Å². The highest BCUT2D eigenvalue weighted by molar-refractivity contribution is 5.31. The Hall–Kier alpha value is -1.33. The molecular formula is C13H16FN. The second-order valence-electron chi connectivity index (χ2n) is 3.53. The van der Waals surface area contributed by atoms with E-state index >= 15 is 0 Å². The summed E-state index contributed by atoms with van der Waals surface area (Å²) in [7, 11) is 0. The molecule has 1 rings (SSSR count). The van der Waals surface area contributed by atoms with Crippen LogP contribution in [0, 0.1) is 25.1 Å². The molecule has 0 aromatic heterocycles. The summed E-state index contributed by atoms with van der Waals surface area (Å²) in [6.45, 7) is 4.58. The Balaban J connectivity index is 2.93. The zero-order chi connectivity index (χ0) is 11.3. The summed E-state index contributed by atoms with van der Waals surface area (Å²) >= 11 is 0. The highest BCUT2D eigenvalue weighted by atomic mass is 19.1. The molecule has 0 radical (unpaired) electrons. The van der Waals surface area contributed by atoms with E-state index in [-0.39, 0.29) is 11.9 Å². The predicted octanol–water partition coefficient (Wildman–Crippen LogP) is 2.81. The minimum absolute atomic E-state index is 0.205. The van der Waals surface area contributed by atoms with Gasteiger partial charge in [-0.2, -0.15) is 0 Å². The van der Waals surface area contributed by atoms with Crippen molar-refractivity contribution >= 4 is 0 Å². The van der Waals surface area contributed by atoms with Crippen LogP contribution in [0.5, 0.6) is 0 Å². The Bertz CT molecular complexity index is 365. The van der Waals surface area contributed by atoms with Gasteiger partial charge in [-0.1, -0.05) is 31.0 Å². The van der Waals surface area contributed by atoms with Crippen LogP contribution >= 0.6 is 0 Å². The van der Waals surface area contributed by atoms with Gasteiger partial charge in [0.2, 0.25) is 0 Å². The molecule has 0 amide bonds. The second-order valence-corrected chi connectivity index (χ2v) is 3.53. The van der Waals surface area contributed by atoms with Gasteiger partial charge in [0.05, 0.1) is 6.04 Å². The van der Waals surface area contributed by atoms with Crippen LogP contribution in [0.15, 0.2) is 18.2 Å². The fourth-order valence-corrected chi connectivity index (χ4v) is 1.44. The number of halogens is 1. The van der Waals surface area contributed by atoms with Crippen LogP contribution in [-0.4, -0.2) is 6.54 Å². The SMILES string of the molecule is C#CC(NCCC)c1cccc(C)c1F. The third-order valence-corrected chi connectivity index (χ3v) is 2.30. The Labute approximate surface area is 90.7 Å². The van der Waals surface area contributed by atoms with Crippen molar-refractivity contribution in [3.8, 4) is 12.3 Å². The van der Waals surface area contributed by atoms with Crippen molar-refractivity contribution in [1.82, 2.24) is 5.32 Å². The third kappa shape index (κ3) is 2.81. The normalized spacial score (nSPS) is 12.1. The molecule has 15 heavy (non-hydrogen) atoms. The molecule has 1 atom stereocenters. The zero-order valence-electron chi connectivity index (χ0n) is 9.18. The largest absolute Gasteiger partial charge is 0.300 e. The number of terminal acetylenes is 1. The van der Waals surface area contributed by atoms with Crippen molar-refractivity contribution in [3.63, 3.8) is 0 Å². The van der Waals surface area contributed by atoms with Crippen molar-refractivity contribution in [2.75, 3.05) is 6.54 Å². The fraction of sp³-hybridized carbons (Fsp3) is 0.385. The Morgan fingerprint density at radius 2 is 2.27 bits per heavy atom. The summed E-state index contributed by atoms with van der Waals surface area (Å²) in [5, 5.41) is 3.13. The molecule has 1 unspecified atom stereocenters.